The minimum atomic E-state index is -0.261. The van der Waals surface area contributed by atoms with Gasteiger partial charge < -0.3 is 20.3 Å². The zero-order valence-corrected chi connectivity index (χ0v) is 12.8. The molecule has 5 heteroatoms. The van der Waals surface area contributed by atoms with E-state index in [1.165, 1.54) is 0 Å². The van der Waals surface area contributed by atoms with Crippen molar-refractivity contribution in [1.82, 2.24) is 5.32 Å². The third-order valence-corrected chi connectivity index (χ3v) is 2.98. The van der Waals surface area contributed by atoms with Gasteiger partial charge in [0.05, 0.1) is 0 Å². The second kappa shape index (κ2) is 8.43. The van der Waals surface area contributed by atoms with Crippen LogP contribution in [0.2, 0.25) is 0 Å². The van der Waals surface area contributed by atoms with Crippen LogP contribution in [0.15, 0.2) is 24.3 Å². The quantitative estimate of drug-likeness (QED) is 0.711. The number of amides is 1. The van der Waals surface area contributed by atoms with Crippen molar-refractivity contribution >= 4 is 17.3 Å². The molecule has 2 N–H and O–H groups in total. The van der Waals surface area contributed by atoms with Gasteiger partial charge in [0.15, 0.2) is 0 Å². The molecule has 5 nitrogen and oxygen atoms in total. The highest BCUT2D eigenvalue weighted by atomic mass is 16.5. The van der Waals surface area contributed by atoms with Gasteiger partial charge in [-0.25, -0.2) is 0 Å². The Kier molecular flexibility index (Phi) is 6.87. The second-order valence-corrected chi connectivity index (χ2v) is 4.94. The van der Waals surface area contributed by atoms with E-state index in [0.29, 0.717) is 13.2 Å². The molecule has 20 heavy (non-hydrogen) atoms. The molecular weight excluding hydrogens is 254 g/mol. The van der Waals surface area contributed by atoms with E-state index in [9.17, 15) is 4.79 Å². The molecule has 1 unspecified atom stereocenters. The highest BCUT2D eigenvalue weighted by molar-refractivity contribution is 5.84. The summed E-state index contributed by atoms with van der Waals surface area (Å²) in [4.78, 5) is 13.9. The van der Waals surface area contributed by atoms with Gasteiger partial charge in [-0.2, -0.15) is 0 Å². The van der Waals surface area contributed by atoms with Gasteiger partial charge in [-0.15, -0.1) is 0 Å². The number of nitrogens with one attached hydrogen (secondary N) is 2. The average Bonchev–Trinajstić information content (AvgIpc) is 2.44. The van der Waals surface area contributed by atoms with E-state index < -0.39 is 0 Å². The predicted octanol–water partition coefficient (Wildman–Crippen LogP) is 1.71. The van der Waals surface area contributed by atoms with Crippen molar-refractivity contribution in [2.75, 3.05) is 44.6 Å². The fraction of sp³-hybridized carbons (Fsp3) is 0.533. The standard InChI is InChI=1S/C15H25N3O2/c1-12(15(19)16-10-5-11-20-4)17-13-6-8-14(9-7-13)18(2)3/h6-9,12,17H,5,10-11H2,1-4H3,(H,16,19). The van der Waals surface area contributed by atoms with E-state index in [0.717, 1.165) is 17.8 Å². The van der Waals surface area contributed by atoms with Gasteiger partial charge in [-0.1, -0.05) is 0 Å². The van der Waals surface area contributed by atoms with Crippen molar-refractivity contribution in [1.29, 1.82) is 0 Å². The van der Waals surface area contributed by atoms with Crippen LogP contribution < -0.4 is 15.5 Å². The van der Waals surface area contributed by atoms with Crippen molar-refractivity contribution in [2.45, 2.75) is 19.4 Å². The summed E-state index contributed by atoms with van der Waals surface area (Å²) in [7, 11) is 5.65. The molecule has 0 bridgehead atoms. The molecule has 1 atom stereocenters. The maximum atomic E-state index is 11.9. The first kappa shape index (κ1) is 16.3. The van der Waals surface area contributed by atoms with Crippen molar-refractivity contribution in [3.63, 3.8) is 0 Å². The van der Waals surface area contributed by atoms with E-state index >= 15 is 0 Å². The van der Waals surface area contributed by atoms with Crippen molar-refractivity contribution in [3.05, 3.63) is 24.3 Å². The Morgan fingerprint density at radius 3 is 2.50 bits per heavy atom. The van der Waals surface area contributed by atoms with Gasteiger partial charge in [-0.3, -0.25) is 4.79 Å². The Balaban J connectivity index is 2.40. The van der Waals surface area contributed by atoms with Crippen LogP contribution in [0.25, 0.3) is 0 Å². The molecule has 0 aliphatic carbocycles. The lowest BCUT2D eigenvalue weighted by molar-refractivity contribution is -0.121. The molecule has 1 rings (SSSR count). The summed E-state index contributed by atoms with van der Waals surface area (Å²) in [6.07, 6.45) is 0.826. The zero-order valence-electron chi connectivity index (χ0n) is 12.8. The zero-order chi connectivity index (χ0) is 15.0. The fourth-order valence-corrected chi connectivity index (χ4v) is 1.75. The fourth-order valence-electron chi connectivity index (χ4n) is 1.75. The summed E-state index contributed by atoms with van der Waals surface area (Å²) in [5.41, 5.74) is 2.07. The minimum absolute atomic E-state index is 0.00205. The summed E-state index contributed by atoms with van der Waals surface area (Å²) >= 11 is 0. The van der Waals surface area contributed by atoms with Gasteiger partial charge in [0.25, 0.3) is 0 Å². The Hall–Kier alpha value is -1.75. The van der Waals surface area contributed by atoms with E-state index in [2.05, 4.69) is 10.6 Å². The Labute approximate surface area is 121 Å². The third-order valence-electron chi connectivity index (χ3n) is 2.98. The number of carbonyl (C=O) groups is 1. The first-order valence-corrected chi connectivity index (χ1v) is 6.85. The molecule has 1 aromatic rings. The number of benzene rings is 1. The number of rotatable bonds is 8. The topological polar surface area (TPSA) is 53.6 Å². The summed E-state index contributed by atoms with van der Waals surface area (Å²) in [6.45, 7) is 3.15. The Morgan fingerprint density at radius 2 is 1.95 bits per heavy atom. The van der Waals surface area contributed by atoms with E-state index in [1.807, 2.05) is 50.2 Å². The van der Waals surface area contributed by atoms with E-state index in [1.54, 1.807) is 7.11 Å². The molecule has 0 saturated carbocycles. The molecule has 0 aliphatic heterocycles. The normalized spacial score (nSPS) is 11.8. The second-order valence-electron chi connectivity index (χ2n) is 4.94. The molecule has 1 aromatic carbocycles. The minimum Gasteiger partial charge on any atom is -0.385 e. The van der Waals surface area contributed by atoms with Gasteiger partial charge in [-0.05, 0) is 37.6 Å². The SMILES string of the molecule is COCCCNC(=O)C(C)Nc1ccc(N(C)C)cc1. The molecule has 112 valence electrons. The summed E-state index contributed by atoms with van der Waals surface area (Å²) in [5.74, 6) is -0.00205. The maximum absolute atomic E-state index is 11.9. The maximum Gasteiger partial charge on any atom is 0.242 e. The Bertz CT molecular complexity index is 404. The number of ether oxygens (including phenoxy) is 1. The van der Waals surface area contributed by atoms with Crippen LogP contribution in [0.1, 0.15) is 13.3 Å². The van der Waals surface area contributed by atoms with Gasteiger partial charge >= 0.3 is 0 Å². The van der Waals surface area contributed by atoms with Crippen LogP contribution in [0.5, 0.6) is 0 Å². The first-order chi connectivity index (χ1) is 9.54. The molecule has 0 spiro atoms. The van der Waals surface area contributed by atoms with E-state index in [4.69, 9.17) is 4.74 Å². The average molecular weight is 279 g/mol. The van der Waals surface area contributed by atoms with Gasteiger partial charge in [0, 0.05) is 45.7 Å². The molecule has 0 heterocycles. The number of nitrogens with zero attached hydrogens (tertiary/aromatic N) is 1. The third kappa shape index (κ3) is 5.48. The van der Waals surface area contributed by atoms with E-state index in [-0.39, 0.29) is 11.9 Å². The number of hydrogen-bond acceptors (Lipinski definition) is 4. The van der Waals surface area contributed by atoms with Crippen LogP contribution in [0.4, 0.5) is 11.4 Å². The van der Waals surface area contributed by atoms with Crippen molar-refractivity contribution in [2.24, 2.45) is 0 Å². The molecule has 0 fully saturated rings. The molecular formula is C15H25N3O2. The monoisotopic (exact) mass is 279 g/mol. The van der Waals surface area contributed by atoms with Crippen molar-refractivity contribution in [3.8, 4) is 0 Å². The lowest BCUT2D eigenvalue weighted by atomic mass is 10.2. The van der Waals surface area contributed by atoms with Crippen LogP contribution in [-0.4, -0.2) is 46.3 Å². The molecule has 0 radical (unpaired) electrons. The molecule has 0 saturated heterocycles. The predicted molar refractivity (Wildman–Crippen MR) is 83.4 cm³/mol. The number of methoxy groups -OCH3 is 1. The number of carbonyl (C=O) groups excluding carboxylic acids is 1. The molecule has 0 aliphatic rings. The number of hydrogen-bond donors (Lipinski definition) is 2. The summed E-state index contributed by atoms with van der Waals surface area (Å²) < 4.78 is 4.94. The summed E-state index contributed by atoms with van der Waals surface area (Å²) in [5, 5.41) is 6.06. The van der Waals surface area contributed by atoms with Crippen molar-refractivity contribution < 1.29 is 9.53 Å². The Morgan fingerprint density at radius 1 is 1.30 bits per heavy atom. The van der Waals surface area contributed by atoms with Crippen LogP contribution in [0, 0.1) is 0 Å². The highest BCUT2D eigenvalue weighted by Gasteiger charge is 2.11. The highest BCUT2D eigenvalue weighted by Crippen LogP contribution is 2.16. The van der Waals surface area contributed by atoms with Gasteiger partial charge in [0.1, 0.15) is 6.04 Å². The lowest BCUT2D eigenvalue weighted by Crippen LogP contribution is -2.38. The first-order valence-electron chi connectivity index (χ1n) is 6.85. The van der Waals surface area contributed by atoms with Crippen LogP contribution >= 0.6 is 0 Å². The molecule has 1 amide bonds. The molecule has 0 aromatic heterocycles. The van der Waals surface area contributed by atoms with Crippen LogP contribution in [0.3, 0.4) is 0 Å². The van der Waals surface area contributed by atoms with Crippen LogP contribution in [-0.2, 0) is 9.53 Å². The largest absolute Gasteiger partial charge is 0.385 e. The van der Waals surface area contributed by atoms with Gasteiger partial charge in [0.2, 0.25) is 5.91 Å². The smallest absolute Gasteiger partial charge is 0.242 e. The lowest BCUT2D eigenvalue weighted by Gasteiger charge is -2.17. The summed E-state index contributed by atoms with van der Waals surface area (Å²) in [6, 6.07) is 7.73. The number of anilines is 2.